The summed E-state index contributed by atoms with van der Waals surface area (Å²) in [5, 5.41) is 21.8. The lowest BCUT2D eigenvalue weighted by molar-refractivity contribution is -0.126. The van der Waals surface area contributed by atoms with Crippen molar-refractivity contribution in [3.05, 3.63) is 53.9 Å². The number of carbonyl (C=O) groups excluding carboxylic acids is 1. The Bertz CT molecular complexity index is 2090. The van der Waals surface area contributed by atoms with E-state index in [4.69, 9.17) is 20.4 Å². The number of amides is 1. The zero-order chi connectivity index (χ0) is 34.6. The number of thiophene rings is 1. The number of ether oxygens (including phenoxy) is 1. The number of anilines is 2. The lowest BCUT2D eigenvalue weighted by atomic mass is 9.93. The number of aromatic nitrogens is 2. The predicted octanol–water partition coefficient (Wildman–Crippen LogP) is 5.93. The first kappa shape index (κ1) is 32.7. The normalized spacial score (nSPS) is 23.5. The SMILES string of the molecule is C=CC(=O)N1CC[C@@H](N(CC)c2nc(OC[C@@]34CCCN3C[C@H](F)C4)nc3c(C#N)c(-c4ccc(F)c5sc(N)c(C#N)c45)ccc23)[C@@H]1C. The summed E-state index contributed by atoms with van der Waals surface area (Å²) in [5.41, 5.74) is 7.32. The zero-order valence-electron chi connectivity index (χ0n) is 27.4. The molecule has 2 N–H and O–H groups in total. The van der Waals surface area contributed by atoms with E-state index in [-0.39, 0.29) is 51.4 Å². The van der Waals surface area contributed by atoms with Gasteiger partial charge in [-0.05, 0) is 63.4 Å². The van der Waals surface area contributed by atoms with E-state index in [9.17, 15) is 24.1 Å². The molecule has 0 bridgehead atoms. The second-order valence-corrected chi connectivity index (χ2v) is 14.1. The van der Waals surface area contributed by atoms with E-state index in [1.165, 1.54) is 12.1 Å². The molecule has 252 valence electrons. The number of likely N-dealkylation sites (tertiary alicyclic amines) is 1. The van der Waals surface area contributed by atoms with Crippen molar-refractivity contribution in [1.29, 1.82) is 10.5 Å². The van der Waals surface area contributed by atoms with Crippen molar-refractivity contribution in [2.45, 2.75) is 63.3 Å². The van der Waals surface area contributed by atoms with E-state index in [2.05, 4.69) is 28.5 Å². The Morgan fingerprint density at radius 3 is 2.73 bits per heavy atom. The Kier molecular flexibility index (Phi) is 8.37. The van der Waals surface area contributed by atoms with Gasteiger partial charge in [-0.3, -0.25) is 9.69 Å². The van der Waals surface area contributed by atoms with Crippen LogP contribution in [0, 0.1) is 28.5 Å². The van der Waals surface area contributed by atoms with Crippen LogP contribution in [0.5, 0.6) is 6.01 Å². The first-order valence-electron chi connectivity index (χ1n) is 16.5. The topological polar surface area (TPSA) is 135 Å². The molecule has 4 atom stereocenters. The molecule has 0 radical (unpaired) electrons. The number of nitriles is 2. The molecule has 2 aromatic carbocycles. The van der Waals surface area contributed by atoms with Crippen molar-refractivity contribution in [3.63, 3.8) is 0 Å². The summed E-state index contributed by atoms with van der Waals surface area (Å²) in [6, 6.07) is 10.7. The average molecular weight is 683 g/mol. The third-order valence-electron chi connectivity index (χ3n) is 10.6. The highest BCUT2D eigenvalue weighted by Gasteiger charge is 2.49. The summed E-state index contributed by atoms with van der Waals surface area (Å²) in [7, 11) is 0. The number of halogens is 2. The number of carbonyl (C=O) groups is 1. The van der Waals surface area contributed by atoms with Gasteiger partial charge in [-0.15, -0.1) is 11.3 Å². The molecule has 0 saturated carbocycles. The standard InChI is InChI=1S/C36H36F2N8O2S/c1-4-29(47)46-14-11-28(20(46)3)45(5-2)34-24-8-7-22(23-9-10-27(38)32-30(23)26(17-40)33(41)49-32)25(16-39)31(24)42-35(43-34)48-19-36-12-6-13-44(36)18-21(37)15-36/h4,7-10,20-21,28H,1,5-6,11-15,18-19,41H2,2-3H3/t20-,21+,28+,36-/m0/s1. The molecule has 3 fully saturated rings. The van der Waals surface area contributed by atoms with Crippen LogP contribution < -0.4 is 15.4 Å². The Labute approximate surface area is 287 Å². The fourth-order valence-electron chi connectivity index (χ4n) is 8.26. The number of alkyl halides is 1. The molecule has 5 heterocycles. The quantitative estimate of drug-likeness (QED) is 0.224. The van der Waals surface area contributed by atoms with Gasteiger partial charge in [-0.25, -0.2) is 8.78 Å². The molecular weight excluding hydrogens is 647 g/mol. The third-order valence-corrected chi connectivity index (χ3v) is 11.6. The van der Waals surface area contributed by atoms with Crippen molar-refractivity contribution in [3.8, 4) is 29.3 Å². The van der Waals surface area contributed by atoms with Gasteiger partial charge in [0.1, 0.15) is 41.6 Å². The fourth-order valence-corrected chi connectivity index (χ4v) is 9.21. The van der Waals surface area contributed by atoms with Gasteiger partial charge in [0.15, 0.2) is 0 Å². The van der Waals surface area contributed by atoms with Crippen LogP contribution in [0.1, 0.15) is 50.7 Å². The van der Waals surface area contributed by atoms with Crippen molar-refractivity contribution in [2.75, 3.05) is 43.4 Å². The molecule has 0 aliphatic carbocycles. The summed E-state index contributed by atoms with van der Waals surface area (Å²) in [6.07, 6.45) is 3.22. The minimum atomic E-state index is -0.928. The number of nitrogens with two attached hydrogens (primary N) is 1. The summed E-state index contributed by atoms with van der Waals surface area (Å²) >= 11 is 0.992. The maximum Gasteiger partial charge on any atom is 0.319 e. The number of rotatable bonds is 8. The largest absolute Gasteiger partial charge is 0.461 e. The number of fused-ring (bicyclic) bond motifs is 3. The lowest BCUT2D eigenvalue weighted by Crippen LogP contribution is -2.45. The van der Waals surface area contributed by atoms with Crippen LogP contribution in [0.4, 0.5) is 19.6 Å². The van der Waals surface area contributed by atoms with Crippen LogP contribution in [-0.2, 0) is 4.79 Å². The molecule has 3 aliphatic heterocycles. The molecule has 3 aliphatic rings. The Morgan fingerprint density at radius 2 is 2.00 bits per heavy atom. The average Bonchev–Trinajstić information content (AvgIpc) is 3.84. The molecule has 10 nitrogen and oxygen atoms in total. The second kappa shape index (κ2) is 12.6. The van der Waals surface area contributed by atoms with Crippen molar-refractivity contribution in [1.82, 2.24) is 19.8 Å². The third kappa shape index (κ3) is 5.23. The first-order chi connectivity index (χ1) is 23.6. The second-order valence-electron chi connectivity index (χ2n) is 13.1. The van der Waals surface area contributed by atoms with E-state index in [1.54, 1.807) is 17.0 Å². The smallest absolute Gasteiger partial charge is 0.319 e. The number of likely N-dealkylation sites (N-methyl/N-ethyl adjacent to an activating group) is 1. The van der Waals surface area contributed by atoms with E-state index < -0.39 is 17.5 Å². The maximum absolute atomic E-state index is 15.0. The van der Waals surface area contributed by atoms with E-state index in [0.717, 1.165) is 30.7 Å². The van der Waals surface area contributed by atoms with Crippen LogP contribution in [0.2, 0.25) is 0 Å². The summed E-state index contributed by atoms with van der Waals surface area (Å²) in [5.74, 6) is -0.0984. The summed E-state index contributed by atoms with van der Waals surface area (Å²) < 4.78 is 36.2. The molecule has 13 heteroatoms. The van der Waals surface area contributed by atoms with Gasteiger partial charge in [0.05, 0.1) is 32.9 Å². The van der Waals surface area contributed by atoms with Crippen LogP contribution in [0.15, 0.2) is 36.9 Å². The molecule has 0 unspecified atom stereocenters. The molecular formula is C36H36F2N8O2S. The number of hydrogen-bond acceptors (Lipinski definition) is 10. The Morgan fingerprint density at radius 1 is 1.22 bits per heavy atom. The number of hydrogen-bond donors (Lipinski definition) is 1. The number of benzene rings is 2. The van der Waals surface area contributed by atoms with Gasteiger partial charge in [0, 0.05) is 48.4 Å². The van der Waals surface area contributed by atoms with Crippen LogP contribution >= 0.6 is 11.3 Å². The first-order valence-corrected chi connectivity index (χ1v) is 17.3. The summed E-state index contributed by atoms with van der Waals surface area (Å²) in [6.45, 7) is 10.2. The van der Waals surface area contributed by atoms with Gasteiger partial charge in [0.2, 0.25) is 5.91 Å². The molecule has 2 aromatic heterocycles. The predicted molar refractivity (Wildman–Crippen MR) is 186 cm³/mol. The molecule has 1 amide bonds. The zero-order valence-corrected chi connectivity index (χ0v) is 28.2. The molecule has 0 spiro atoms. The Hall–Kier alpha value is -4.85. The maximum atomic E-state index is 15.0. The van der Waals surface area contributed by atoms with Crippen molar-refractivity contribution >= 4 is 49.1 Å². The highest BCUT2D eigenvalue weighted by Crippen LogP contribution is 2.44. The van der Waals surface area contributed by atoms with Gasteiger partial charge in [0.25, 0.3) is 0 Å². The van der Waals surface area contributed by atoms with Crippen LogP contribution in [-0.4, -0.2) is 82.3 Å². The fraction of sp³-hybridized carbons (Fsp3) is 0.417. The summed E-state index contributed by atoms with van der Waals surface area (Å²) in [4.78, 5) is 28.5. The van der Waals surface area contributed by atoms with E-state index >= 15 is 0 Å². The number of nitrogen functional groups attached to an aromatic ring is 1. The van der Waals surface area contributed by atoms with Crippen molar-refractivity contribution < 1.29 is 18.3 Å². The van der Waals surface area contributed by atoms with Crippen LogP contribution in [0.3, 0.4) is 0 Å². The molecule has 3 saturated heterocycles. The van der Waals surface area contributed by atoms with Gasteiger partial charge in [-0.2, -0.15) is 20.5 Å². The van der Waals surface area contributed by atoms with Crippen molar-refractivity contribution in [2.24, 2.45) is 0 Å². The molecule has 49 heavy (non-hydrogen) atoms. The molecule has 4 aromatic rings. The monoisotopic (exact) mass is 682 g/mol. The highest BCUT2D eigenvalue weighted by molar-refractivity contribution is 7.23. The van der Waals surface area contributed by atoms with E-state index in [1.807, 2.05) is 19.9 Å². The molecule has 7 rings (SSSR count). The van der Waals surface area contributed by atoms with Crippen LogP contribution in [0.25, 0.3) is 32.1 Å². The minimum Gasteiger partial charge on any atom is -0.461 e. The van der Waals surface area contributed by atoms with Gasteiger partial charge >= 0.3 is 6.01 Å². The highest BCUT2D eigenvalue weighted by atomic mass is 32.1. The van der Waals surface area contributed by atoms with Gasteiger partial charge < -0.3 is 20.3 Å². The van der Waals surface area contributed by atoms with E-state index in [0.29, 0.717) is 65.7 Å². The van der Waals surface area contributed by atoms with Gasteiger partial charge in [-0.1, -0.05) is 18.7 Å². The number of nitrogens with zero attached hydrogens (tertiary/aromatic N) is 7. The Balaban J connectivity index is 1.40. The minimum absolute atomic E-state index is 0.0598. The lowest BCUT2D eigenvalue weighted by Gasteiger charge is -2.34.